The van der Waals surface area contributed by atoms with Gasteiger partial charge in [0.1, 0.15) is 0 Å². The van der Waals surface area contributed by atoms with Crippen molar-refractivity contribution in [3.63, 3.8) is 0 Å². The molecule has 0 aromatic carbocycles. The summed E-state index contributed by atoms with van der Waals surface area (Å²) in [7, 11) is 0. The van der Waals surface area contributed by atoms with Gasteiger partial charge in [-0.25, -0.2) is 0 Å². The van der Waals surface area contributed by atoms with Crippen LogP contribution in [0.1, 0.15) is 34.6 Å². The fraction of sp³-hybridized carbons (Fsp3) is 0.778. The second kappa shape index (κ2) is 9.03. The zero-order valence-electron chi connectivity index (χ0n) is 8.87. The van der Waals surface area contributed by atoms with Gasteiger partial charge in [0.25, 0.3) is 6.47 Å². The Morgan fingerprint density at radius 3 is 1.62 bits per heavy atom. The first-order valence-electron chi connectivity index (χ1n) is 4.16. The standard InChI is InChI=1S/C5H10O2.C4H8O2/c1-4(2)7-5(3)6;1-4(2)6-3-5/h4H,1-3H3;3-4H,1-2H3. The highest BCUT2D eigenvalue weighted by atomic mass is 16.5. The molecule has 13 heavy (non-hydrogen) atoms. The quantitative estimate of drug-likeness (QED) is 0.500. The first kappa shape index (κ1) is 14.5. The largest absolute Gasteiger partial charge is 0.465 e. The first-order valence-corrected chi connectivity index (χ1v) is 4.16. The Hall–Kier alpha value is -1.06. The van der Waals surface area contributed by atoms with Gasteiger partial charge < -0.3 is 9.47 Å². The molecular formula is C9H18O4. The first-order chi connectivity index (χ1) is 5.90. The van der Waals surface area contributed by atoms with Crippen LogP contribution in [-0.4, -0.2) is 24.6 Å². The number of rotatable bonds is 3. The average molecular weight is 190 g/mol. The van der Waals surface area contributed by atoms with Crippen LogP contribution >= 0.6 is 0 Å². The molecule has 0 N–H and O–H groups in total. The van der Waals surface area contributed by atoms with Crippen molar-refractivity contribution in [3.8, 4) is 0 Å². The molecule has 0 radical (unpaired) electrons. The number of hydrogen-bond donors (Lipinski definition) is 0. The Labute approximate surface area is 79.2 Å². The maximum absolute atomic E-state index is 10.0. The van der Waals surface area contributed by atoms with Crippen LogP contribution in [0.5, 0.6) is 0 Å². The van der Waals surface area contributed by atoms with E-state index in [0.29, 0.717) is 6.47 Å². The lowest BCUT2D eigenvalue weighted by Gasteiger charge is -2.01. The van der Waals surface area contributed by atoms with E-state index < -0.39 is 0 Å². The molecule has 0 aliphatic carbocycles. The third-order valence-electron chi connectivity index (χ3n) is 0.729. The minimum absolute atomic E-state index is 0.0255. The van der Waals surface area contributed by atoms with Crippen LogP contribution in [0, 0.1) is 0 Å². The average Bonchev–Trinajstić information content (AvgIpc) is 1.83. The van der Waals surface area contributed by atoms with Gasteiger partial charge in [0, 0.05) is 6.92 Å². The molecule has 0 spiro atoms. The molecule has 0 rings (SSSR count). The fourth-order valence-electron chi connectivity index (χ4n) is 0.443. The molecule has 0 heterocycles. The fourth-order valence-corrected chi connectivity index (χ4v) is 0.443. The molecule has 0 saturated carbocycles. The minimum atomic E-state index is -0.213. The van der Waals surface area contributed by atoms with E-state index in [4.69, 9.17) is 0 Å². The lowest BCUT2D eigenvalue weighted by Crippen LogP contribution is -2.06. The van der Waals surface area contributed by atoms with E-state index in [-0.39, 0.29) is 18.2 Å². The smallest absolute Gasteiger partial charge is 0.302 e. The second-order valence-corrected chi connectivity index (χ2v) is 2.94. The number of carbonyl (C=O) groups is 2. The summed E-state index contributed by atoms with van der Waals surface area (Å²) in [5, 5.41) is 0. The maximum Gasteiger partial charge on any atom is 0.302 e. The van der Waals surface area contributed by atoms with Crippen molar-refractivity contribution in [1.29, 1.82) is 0 Å². The molecule has 0 amide bonds. The molecule has 4 nitrogen and oxygen atoms in total. The van der Waals surface area contributed by atoms with Crippen LogP contribution < -0.4 is 0 Å². The minimum Gasteiger partial charge on any atom is -0.465 e. The normalized spacial score (nSPS) is 8.85. The maximum atomic E-state index is 10.0. The molecule has 0 aromatic rings. The van der Waals surface area contributed by atoms with E-state index >= 15 is 0 Å². The molecule has 0 aromatic heterocycles. The zero-order chi connectivity index (χ0) is 10.9. The van der Waals surface area contributed by atoms with Gasteiger partial charge in [-0.1, -0.05) is 0 Å². The van der Waals surface area contributed by atoms with Gasteiger partial charge in [0.2, 0.25) is 0 Å². The molecule has 0 saturated heterocycles. The van der Waals surface area contributed by atoms with Crippen LogP contribution in [-0.2, 0) is 19.1 Å². The van der Waals surface area contributed by atoms with E-state index in [2.05, 4.69) is 9.47 Å². The highest BCUT2D eigenvalue weighted by molar-refractivity contribution is 5.66. The molecular weight excluding hydrogens is 172 g/mol. The van der Waals surface area contributed by atoms with E-state index in [1.807, 2.05) is 13.8 Å². The van der Waals surface area contributed by atoms with Gasteiger partial charge in [0.05, 0.1) is 12.2 Å². The zero-order valence-corrected chi connectivity index (χ0v) is 8.87. The second-order valence-electron chi connectivity index (χ2n) is 2.94. The van der Waals surface area contributed by atoms with E-state index in [1.165, 1.54) is 6.92 Å². The van der Waals surface area contributed by atoms with Crippen molar-refractivity contribution in [2.75, 3.05) is 0 Å². The van der Waals surface area contributed by atoms with Crippen LogP contribution in [0.2, 0.25) is 0 Å². The summed E-state index contributed by atoms with van der Waals surface area (Å²) in [5.74, 6) is -0.213. The molecule has 0 aliphatic heterocycles. The summed E-state index contributed by atoms with van der Waals surface area (Å²) < 4.78 is 8.97. The molecule has 0 aliphatic rings. The molecule has 4 heteroatoms. The van der Waals surface area contributed by atoms with Gasteiger partial charge in [0.15, 0.2) is 0 Å². The van der Waals surface area contributed by atoms with Crippen molar-refractivity contribution < 1.29 is 19.1 Å². The number of hydrogen-bond acceptors (Lipinski definition) is 4. The summed E-state index contributed by atoms with van der Waals surface area (Å²) in [6, 6.07) is 0. The highest BCUT2D eigenvalue weighted by Crippen LogP contribution is 1.85. The third-order valence-corrected chi connectivity index (χ3v) is 0.729. The number of ether oxygens (including phenoxy) is 2. The van der Waals surface area contributed by atoms with E-state index in [9.17, 15) is 9.59 Å². The monoisotopic (exact) mass is 190 g/mol. The summed E-state index contributed by atoms with van der Waals surface area (Å²) in [6.07, 6.45) is 0.0556. The van der Waals surface area contributed by atoms with Crippen LogP contribution in [0.3, 0.4) is 0 Å². The van der Waals surface area contributed by atoms with Crippen LogP contribution in [0.4, 0.5) is 0 Å². The number of esters is 1. The lowest BCUT2D eigenvalue weighted by molar-refractivity contribution is -0.144. The highest BCUT2D eigenvalue weighted by Gasteiger charge is 1.93. The predicted octanol–water partition coefficient (Wildman–Crippen LogP) is 1.53. The van der Waals surface area contributed by atoms with E-state index in [0.717, 1.165) is 0 Å². The van der Waals surface area contributed by atoms with Gasteiger partial charge in [-0.2, -0.15) is 0 Å². The Kier molecular flexibility index (Phi) is 10.0. The summed E-state index contributed by atoms with van der Waals surface area (Å²) >= 11 is 0. The summed E-state index contributed by atoms with van der Waals surface area (Å²) in [6.45, 7) is 9.09. The van der Waals surface area contributed by atoms with E-state index in [1.54, 1.807) is 13.8 Å². The van der Waals surface area contributed by atoms with Gasteiger partial charge in [-0.15, -0.1) is 0 Å². The van der Waals surface area contributed by atoms with Crippen molar-refractivity contribution in [2.45, 2.75) is 46.8 Å². The molecule has 0 atom stereocenters. The van der Waals surface area contributed by atoms with Crippen LogP contribution in [0.15, 0.2) is 0 Å². The Balaban J connectivity index is 0. The van der Waals surface area contributed by atoms with Gasteiger partial charge in [-0.3, -0.25) is 9.59 Å². The molecule has 78 valence electrons. The Bertz CT molecular complexity index is 141. The summed E-state index contributed by atoms with van der Waals surface area (Å²) in [4.78, 5) is 19.4. The third kappa shape index (κ3) is 24.8. The number of carbonyl (C=O) groups excluding carboxylic acids is 2. The van der Waals surface area contributed by atoms with Crippen molar-refractivity contribution in [1.82, 2.24) is 0 Å². The van der Waals surface area contributed by atoms with Crippen molar-refractivity contribution >= 4 is 12.4 Å². The van der Waals surface area contributed by atoms with Crippen LogP contribution in [0.25, 0.3) is 0 Å². The molecule has 0 bridgehead atoms. The molecule has 0 unspecified atom stereocenters. The Morgan fingerprint density at radius 1 is 1.15 bits per heavy atom. The van der Waals surface area contributed by atoms with Crippen molar-refractivity contribution in [3.05, 3.63) is 0 Å². The summed E-state index contributed by atoms with van der Waals surface area (Å²) in [5.41, 5.74) is 0. The Morgan fingerprint density at radius 2 is 1.62 bits per heavy atom. The molecule has 0 fully saturated rings. The predicted molar refractivity (Wildman–Crippen MR) is 49.2 cm³/mol. The SMILES string of the molecule is CC(=O)OC(C)C.CC(C)OC=O. The topological polar surface area (TPSA) is 52.6 Å². The lowest BCUT2D eigenvalue weighted by atomic mass is 10.5. The van der Waals surface area contributed by atoms with Crippen molar-refractivity contribution in [2.24, 2.45) is 0 Å². The van der Waals surface area contributed by atoms with Gasteiger partial charge >= 0.3 is 5.97 Å². The van der Waals surface area contributed by atoms with Gasteiger partial charge in [-0.05, 0) is 27.7 Å².